The topological polar surface area (TPSA) is 95.7 Å². The molecule has 2 aromatic rings. The zero-order valence-electron chi connectivity index (χ0n) is 11.0. The molecule has 2 aromatic heterocycles. The molecule has 1 aliphatic rings. The van der Waals surface area contributed by atoms with E-state index >= 15 is 0 Å². The van der Waals surface area contributed by atoms with Gasteiger partial charge >= 0.3 is 0 Å². The molecule has 114 valence electrons. The van der Waals surface area contributed by atoms with Crippen LogP contribution in [0.25, 0.3) is 4.96 Å². The second-order valence-electron chi connectivity index (χ2n) is 4.73. The monoisotopic (exact) mass is 330 g/mol. The van der Waals surface area contributed by atoms with Crippen molar-refractivity contribution in [3.05, 3.63) is 33.7 Å². The number of rotatable bonds is 3. The lowest BCUT2D eigenvalue weighted by Gasteiger charge is -2.13. The van der Waals surface area contributed by atoms with Crippen LogP contribution >= 0.6 is 23.7 Å². The van der Waals surface area contributed by atoms with Crippen LogP contribution in [0.4, 0.5) is 0 Å². The fourth-order valence-corrected chi connectivity index (χ4v) is 2.90. The Morgan fingerprint density at radius 1 is 1.57 bits per heavy atom. The number of aliphatic hydroxyl groups excluding tert-OH is 1. The van der Waals surface area contributed by atoms with E-state index in [1.54, 1.807) is 11.6 Å². The fraction of sp³-hybridized carbons (Fsp3) is 0.417. The van der Waals surface area contributed by atoms with Gasteiger partial charge < -0.3 is 15.7 Å². The van der Waals surface area contributed by atoms with Crippen molar-refractivity contribution in [3.63, 3.8) is 0 Å². The molecule has 0 radical (unpaired) electrons. The molecule has 1 fully saturated rings. The number of amides is 1. The predicted molar refractivity (Wildman–Crippen MR) is 81.3 cm³/mol. The minimum Gasteiger partial charge on any atom is -0.391 e. The van der Waals surface area contributed by atoms with Gasteiger partial charge in [-0.1, -0.05) is 0 Å². The molecule has 0 saturated carbocycles. The van der Waals surface area contributed by atoms with Gasteiger partial charge in [-0.15, -0.1) is 23.7 Å². The van der Waals surface area contributed by atoms with Gasteiger partial charge in [-0.2, -0.15) is 0 Å². The molecule has 9 heteroatoms. The summed E-state index contributed by atoms with van der Waals surface area (Å²) in [5.41, 5.74) is -0.361. The third-order valence-electron chi connectivity index (χ3n) is 3.42. The maximum absolute atomic E-state index is 12.1. The Morgan fingerprint density at radius 2 is 2.38 bits per heavy atom. The summed E-state index contributed by atoms with van der Waals surface area (Å²) in [7, 11) is 0. The predicted octanol–water partition coefficient (Wildman–Crippen LogP) is -0.512. The molecule has 1 saturated heterocycles. The van der Waals surface area contributed by atoms with E-state index in [4.69, 9.17) is 0 Å². The SMILES string of the molecule is Cl.O=C(NCC1CNCC1O)c1cnc2sccn2c1=O. The van der Waals surface area contributed by atoms with Gasteiger partial charge in [0.1, 0.15) is 5.56 Å². The Bertz CT molecular complexity index is 701. The quantitative estimate of drug-likeness (QED) is 0.704. The summed E-state index contributed by atoms with van der Waals surface area (Å²) in [6, 6.07) is 0. The first kappa shape index (κ1) is 15.9. The lowest BCUT2D eigenvalue weighted by molar-refractivity contribution is 0.0925. The van der Waals surface area contributed by atoms with Gasteiger partial charge in [-0.25, -0.2) is 4.98 Å². The van der Waals surface area contributed by atoms with Crippen LogP contribution in [0, 0.1) is 5.92 Å². The summed E-state index contributed by atoms with van der Waals surface area (Å²) in [5.74, 6) is -0.484. The Balaban J connectivity index is 0.00000161. The highest BCUT2D eigenvalue weighted by Crippen LogP contribution is 2.08. The van der Waals surface area contributed by atoms with E-state index in [9.17, 15) is 14.7 Å². The van der Waals surface area contributed by atoms with Crippen molar-refractivity contribution in [2.24, 2.45) is 5.92 Å². The summed E-state index contributed by atoms with van der Waals surface area (Å²) in [6.07, 6.45) is 2.43. The zero-order chi connectivity index (χ0) is 14.1. The van der Waals surface area contributed by atoms with Crippen molar-refractivity contribution in [3.8, 4) is 0 Å². The number of β-amino-alcohol motifs (C(OH)–C–C–N with tert-alkyl or cyclic N) is 1. The van der Waals surface area contributed by atoms with Crippen molar-refractivity contribution in [2.75, 3.05) is 19.6 Å². The second kappa shape index (κ2) is 6.52. The maximum atomic E-state index is 12.1. The Labute approximate surface area is 130 Å². The highest BCUT2D eigenvalue weighted by atomic mass is 35.5. The van der Waals surface area contributed by atoms with Crippen LogP contribution in [0.5, 0.6) is 0 Å². The lowest BCUT2D eigenvalue weighted by atomic mass is 10.1. The third kappa shape index (κ3) is 3.08. The number of hydrogen-bond donors (Lipinski definition) is 3. The van der Waals surface area contributed by atoms with E-state index in [0.717, 1.165) is 0 Å². The lowest BCUT2D eigenvalue weighted by Crippen LogP contribution is -2.37. The van der Waals surface area contributed by atoms with Crippen molar-refractivity contribution < 1.29 is 9.90 Å². The summed E-state index contributed by atoms with van der Waals surface area (Å²) >= 11 is 1.33. The van der Waals surface area contributed by atoms with Gasteiger partial charge in [-0.3, -0.25) is 14.0 Å². The number of nitrogens with one attached hydrogen (secondary N) is 2. The van der Waals surface area contributed by atoms with Crippen molar-refractivity contribution in [2.45, 2.75) is 6.10 Å². The highest BCUT2D eigenvalue weighted by Gasteiger charge is 2.25. The molecule has 3 heterocycles. The van der Waals surface area contributed by atoms with Crippen molar-refractivity contribution in [1.82, 2.24) is 20.0 Å². The first-order valence-corrected chi connectivity index (χ1v) is 7.16. The molecule has 7 nitrogen and oxygen atoms in total. The van der Waals surface area contributed by atoms with E-state index in [1.165, 1.54) is 21.9 Å². The van der Waals surface area contributed by atoms with Crippen LogP contribution in [0.15, 0.2) is 22.6 Å². The molecular formula is C12H15ClN4O3S. The molecule has 2 unspecified atom stereocenters. The number of halogens is 1. The number of carbonyl (C=O) groups excluding carboxylic acids is 1. The van der Waals surface area contributed by atoms with E-state index in [-0.39, 0.29) is 29.4 Å². The molecule has 1 amide bonds. The molecule has 3 N–H and O–H groups in total. The second-order valence-corrected chi connectivity index (χ2v) is 5.60. The smallest absolute Gasteiger partial charge is 0.271 e. The third-order valence-corrected chi connectivity index (χ3v) is 4.19. The number of thiazole rings is 1. The van der Waals surface area contributed by atoms with Gasteiger partial charge in [0, 0.05) is 43.3 Å². The van der Waals surface area contributed by atoms with Gasteiger partial charge in [0.25, 0.3) is 11.5 Å². The number of fused-ring (bicyclic) bond motifs is 1. The number of hydrogen-bond acceptors (Lipinski definition) is 6. The molecule has 0 aliphatic carbocycles. The Morgan fingerprint density at radius 3 is 3.10 bits per heavy atom. The highest BCUT2D eigenvalue weighted by molar-refractivity contribution is 7.15. The largest absolute Gasteiger partial charge is 0.391 e. The van der Waals surface area contributed by atoms with Gasteiger partial charge in [0.15, 0.2) is 4.96 Å². The first-order chi connectivity index (χ1) is 9.66. The summed E-state index contributed by atoms with van der Waals surface area (Å²) < 4.78 is 1.35. The van der Waals surface area contributed by atoms with Crippen molar-refractivity contribution >= 4 is 34.6 Å². The first-order valence-electron chi connectivity index (χ1n) is 6.28. The van der Waals surface area contributed by atoms with Gasteiger partial charge in [0.05, 0.1) is 6.10 Å². The molecular weight excluding hydrogens is 316 g/mol. The van der Waals surface area contributed by atoms with Crippen molar-refractivity contribution in [1.29, 1.82) is 0 Å². The van der Waals surface area contributed by atoms with Crippen LogP contribution in [-0.2, 0) is 0 Å². The van der Waals surface area contributed by atoms with Crippen LogP contribution < -0.4 is 16.2 Å². The minimum atomic E-state index is -0.464. The summed E-state index contributed by atoms with van der Waals surface area (Å²) in [5, 5.41) is 17.1. The van der Waals surface area contributed by atoms with Gasteiger partial charge in [-0.05, 0) is 0 Å². The van der Waals surface area contributed by atoms with E-state index < -0.39 is 12.0 Å². The average Bonchev–Trinajstić information content (AvgIpc) is 3.05. The molecule has 1 aliphatic heterocycles. The fourth-order valence-electron chi connectivity index (χ4n) is 2.23. The van der Waals surface area contributed by atoms with Gasteiger partial charge in [0.2, 0.25) is 0 Å². The normalized spacial score (nSPS) is 21.2. The number of nitrogens with zero attached hydrogens (tertiary/aromatic N) is 2. The molecule has 0 aromatic carbocycles. The molecule has 0 spiro atoms. The van der Waals surface area contributed by atoms with Crippen LogP contribution in [0.2, 0.25) is 0 Å². The number of aliphatic hydroxyl groups is 1. The van der Waals surface area contributed by atoms with E-state index in [0.29, 0.717) is 24.6 Å². The maximum Gasteiger partial charge on any atom is 0.271 e. The standard InChI is InChI=1S/C12H14N4O3S.ClH/c17-9-6-13-3-7(9)4-14-10(18)8-5-15-12-16(11(8)19)1-2-20-12;/h1-2,5,7,9,13,17H,3-4,6H2,(H,14,18);1H. The Hall–Kier alpha value is -1.48. The average molecular weight is 331 g/mol. The summed E-state index contributed by atoms with van der Waals surface area (Å²) in [4.78, 5) is 28.8. The number of aromatic nitrogens is 2. The van der Waals surface area contributed by atoms with Crippen LogP contribution in [0.3, 0.4) is 0 Å². The molecule has 0 bridgehead atoms. The molecule has 2 atom stereocenters. The Kier molecular flexibility index (Phi) is 4.94. The van der Waals surface area contributed by atoms with E-state index in [1.807, 2.05) is 0 Å². The molecule has 3 rings (SSSR count). The van der Waals surface area contributed by atoms with Crippen LogP contribution in [-0.4, -0.2) is 46.1 Å². The zero-order valence-corrected chi connectivity index (χ0v) is 12.6. The minimum absolute atomic E-state index is 0. The van der Waals surface area contributed by atoms with Crippen LogP contribution in [0.1, 0.15) is 10.4 Å². The molecule has 21 heavy (non-hydrogen) atoms. The number of carbonyl (C=O) groups is 1. The summed E-state index contributed by atoms with van der Waals surface area (Å²) in [6.45, 7) is 1.52. The van der Waals surface area contributed by atoms with E-state index in [2.05, 4.69) is 15.6 Å².